The van der Waals surface area contributed by atoms with Crippen molar-refractivity contribution in [2.75, 3.05) is 19.8 Å². The third-order valence-corrected chi connectivity index (χ3v) is 3.40. The van der Waals surface area contributed by atoms with Gasteiger partial charge in [0.2, 0.25) is 0 Å². The topological polar surface area (TPSA) is 21.3 Å². The molecule has 1 saturated heterocycles. The number of ether oxygens (including phenoxy) is 1. The molecule has 1 aromatic rings. The fourth-order valence-corrected chi connectivity index (χ4v) is 2.27. The van der Waals surface area contributed by atoms with E-state index in [9.17, 15) is 0 Å². The Morgan fingerprint density at radius 2 is 2.06 bits per heavy atom. The van der Waals surface area contributed by atoms with Crippen molar-refractivity contribution >= 4 is 0 Å². The first-order valence-corrected chi connectivity index (χ1v) is 6.11. The summed E-state index contributed by atoms with van der Waals surface area (Å²) < 4.78 is 5.37. The highest BCUT2D eigenvalue weighted by atomic mass is 16.5. The molecule has 1 aromatic carbocycles. The van der Waals surface area contributed by atoms with Gasteiger partial charge in [0.1, 0.15) is 0 Å². The zero-order valence-corrected chi connectivity index (χ0v) is 10.3. The predicted molar refractivity (Wildman–Crippen MR) is 66.5 cm³/mol. The standard InChI is InChI=1S/C14H21NO/c1-11-4-3-5-12(2)14(11)9-15-8-13-6-7-16-10-13/h3-5,13,15H,6-10H2,1-2H3. The van der Waals surface area contributed by atoms with Crippen molar-refractivity contribution in [3.63, 3.8) is 0 Å². The first-order valence-electron chi connectivity index (χ1n) is 6.11. The molecule has 1 aliphatic heterocycles. The summed E-state index contributed by atoms with van der Waals surface area (Å²) in [6.45, 7) is 8.30. The van der Waals surface area contributed by atoms with Crippen molar-refractivity contribution in [1.29, 1.82) is 0 Å². The van der Waals surface area contributed by atoms with E-state index in [-0.39, 0.29) is 0 Å². The quantitative estimate of drug-likeness (QED) is 0.839. The minimum atomic E-state index is 0.712. The van der Waals surface area contributed by atoms with Gasteiger partial charge in [0.25, 0.3) is 0 Å². The van der Waals surface area contributed by atoms with Crippen LogP contribution in [0.25, 0.3) is 0 Å². The maximum atomic E-state index is 5.37. The predicted octanol–water partition coefficient (Wildman–Crippen LogP) is 2.43. The van der Waals surface area contributed by atoms with Gasteiger partial charge in [0.15, 0.2) is 0 Å². The van der Waals surface area contributed by atoms with Crippen molar-refractivity contribution in [2.45, 2.75) is 26.8 Å². The molecule has 1 N–H and O–H groups in total. The Morgan fingerprint density at radius 3 is 2.69 bits per heavy atom. The number of hydrogen-bond acceptors (Lipinski definition) is 2. The zero-order valence-electron chi connectivity index (χ0n) is 10.3. The molecule has 0 aromatic heterocycles. The van der Waals surface area contributed by atoms with Gasteiger partial charge < -0.3 is 10.1 Å². The van der Waals surface area contributed by atoms with E-state index in [1.165, 1.54) is 23.1 Å². The highest BCUT2D eigenvalue weighted by Gasteiger charge is 2.14. The minimum absolute atomic E-state index is 0.712. The van der Waals surface area contributed by atoms with Crippen LogP contribution in [0.2, 0.25) is 0 Å². The number of rotatable bonds is 4. The molecule has 0 bridgehead atoms. The van der Waals surface area contributed by atoms with Crippen LogP contribution in [0, 0.1) is 19.8 Å². The van der Waals surface area contributed by atoms with Crippen LogP contribution < -0.4 is 5.32 Å². The lowest BCUT2D eigenvalue weighted by Gasteiger charge is -2.13. The normalized spacial score (nSPS) is 20.2. The average molecular weight is 219 g/mol. The molecule has 0 aliphatic carbocycles. The van der Waals surface area contributed by atoms with Gasteiger partial charge in [-0.25, -0.2) is 0 Å². The van der Waals surface area contributed by atoms with Gasteiger partial charge in [-0.3, -0.25) is 0 Å². The molecule has 0 amide bonds. The van der Waals surface area contributed by atoms with E-state index in [1.807, 2.05) is 0 Å². The van der Waals surface area contributed by atoms with Crippen LogP contribution in [0.4, 0.5) is 0 Å². The van der Waals surface area contributed by atoms with Crippen molar-refractivity contribution < 1.29 is 4.74 Å². The van der Waals surface area contributed by atoms with Gasteiger partial charge >= 0.3 is 0 Å². The average Bonchev–Trinajstić information content (AvgIpc) is 2.75. The Morgan fingerprint density at radius 1 is 1.31 bits per heavy atom. The van der Waals surface area contributed by atoms with E-state index in [2.05, 4.69) is 37.4 Å². The number of hydrogen-bond donors (Lipinski definition) is 1. The lowest BCUT2D eigenvalue weighted by atomic mass is 10.0. The number of aryl methyl sites for hydroxylation is 2. The molecule has 0 spiro atoms. The molecular weight excluding hydrogens is 198 g/mol. The van der Waals surface area contributed by atoms with Crippen LogP contribution >= 0.6 is 0 Å². The summed E-state index contributed by atoms with van der Waals surface area (Å²) in [6, 6.07) is 6.49. The molecule has 0 radical (unpaired) electrons. The fraction of sp³-hybridized carbons (Fsp3) is 0.571. The van der Waals surface area contributed by atoms with E-state index >= 15 is 0 Å². The molecule has 2 rings (SSSR count). The smallest absolute Gasteiger partial charge is 0.0507 e. The zero-order chi connectivity index (χ0) is 11.4. The van der Waals surface area contributed by atoms with Crippen LogP contribution in [0.3, 0.4) is 0 Å². The first kappa shape index (κ1) is 11.6. The van der Waals surface area contributed by atoms with Crippen LogP contribution in [-0.4, -0.2) is 19.8 Å². The fourth-order valence-electron chi connectivity index (χ4n) is 2.27. The van der Waals surface area contributed by atoms with Crippen LogP contribution in [0.15, 0.2) is 18.2 Å². The third kappa shape index (κ3) is 2.83. The first-order chi connectivity index (χ1) is 7.77. The maximum Gasteiger partial charge on any atom is 0.0507 e. The van der Waals surface area contributed by atoms with Gasteiger partial charge in [-0.05, 0) is 42.9 Å². The lowest BCUT2D eigenvalue weighted by Crippen LogP contribution is -2.23. The van der Waals surface area contributed by atoms with Crippen molar-refractivity contribution in [3.05, 3.63) is 34.9 Å². The molecule has 2 heteroatoms. The SMILES string of the molecule is Cc1cccc(C)c1CNCC1CCOC1. The van der Waals surface area contributed by atoms with Gasteiger partial charge in [-0.1, -0.05) is 18.2 Å². The van der Waals surface area contributed by atoms with Crippen molar-refractivity contribution in [1.82, 2.24) is 5.32 Å². The molecular formula is C14H21NO. The van der Waals surface area contributed by atoms with E-state index in [0.29, 0.717) is 5.92 Å². The van der Waals surface area contributed by atoms with E-state index < -0.39 is 0 Å². The summed E-state index contributed by atoms with van der Waals surface area (Å²) in [6.07, 6.45) is 1.21. The Balaban J connectivity index is 1.84. The van der Waals surface area contributed by atoms with Crippen molar-refractivity contribution in [2.24, 2.45) is 5.92 Å². The number of nitrogens with one attached hydrogen (secondary N) is 1. The molecule has 2 nitrogen and oxygen atoms in total. The van der Waals surface area contributed by atoms with Crippen LogP contribution in [0.5, 0.6) is 0 Å². The lowest BCUT2D eigenvalue weighted by molar-refractivity contribution is 0.185. The Hall–Kier alpha value is -0.860. The van der Waals surface area contributed by atoms with E-state index in [4.69, 9.17) is 4.74 Å². The van der Waals surface area contributed by atoms with Crippen molar-refractivity contribution in [3.8, 4) is 0 Å². The molecule has 1 unspecified atom stereocenters. The minimum Gasteiger partial charge on any atom is -0.381 e. The van der Waals surface area contributed by atoms with Gasteiger partial charge in [0.05, 0.1) is 6.61 Å². The molecule has 0 saturated carbocycles. The van der Waals surface area contributed by atoms with Crippen LogP contribution in [0.1, 0.15) is 23.1 Å². The highest BCUT2D eigenvalue weighted by molar-refractivity contribution is 5.33. The number of benzene rings is 1. The van der Waals surface area contributed by atoms with Gasteiger partial charge in [-0.2, -0.15) is 0 Å². The summed E-state index contributed by atoms with van der Waals surface area (Å²) in [4.78, 5) is 0. The van der Waals surface area contributed by atoms with E-state index in [1.54, 1.807) is 0 Å². The molecule has 1 fully saturated rings. The van der Waals surface area contributed by atoms with Gasteiger partial charge in [-0.15, -0.1) is 0 Å². The second-order valence-electron chi connectivity index (χ2n) is 4.73. The molecule has 88 valence electrons. The molecule has 16 heavy (non-hydrogen) atoms. The Labute approximate surface area is 98.0 Å². The summed E-state index contributed by atoms with van der Waals surface area (Å²) in [5.74, 6) is 0.712. The monoisotopic (exact) mass is 219 g/mol. The molecule has 1 heterocycles. The van der Waals surface area contributed by atoms with Crippen LogP contribution in [-0.2, 0) is 11.3 Å². The second kappa shape index (κ2) is 5.46. The highest BCUT2D eigenvalue weighted by Crippen LogP contribution is 2.14. The summed E-state index contributed by atoms with van der Waals surface area (Å²) >= 11 is 0. The van der Waals surface area contributed by atoms with E-state index in [0.717, 1.165) is 26.3 Å². The molecule has 1 atom stereocenters. The Kier molecular flexibility index (Phi) is 3.97. The summed E-state index contributed by atoms with van der Waals surface area (Å²) in [5.41, 5.74) is 4.21. The summed E-state index contributed by atoms with van der Waals surface area (Å²) in [5, 5.41) is 3.55. The molecule has 1 aliphatic rings. The van der Waals surface area contributed by atoms with Gasteiger partial charge in [0, 0.05) is 19.7 Å². The maximum absolute atomic E-state index is 5.37. The third-order valence-electron chi connectivity index (χ3n) is 3.40. The second-order valence-corrected chi connectivity index (χ2v) is 4.73. The summed E-state index contributed by atoms with van der Waals surface area (Å²) in [7, 11) is 0. The largest absolute Gasteiger partial charge is 0.381 e. The Bertz CT molecular complexity index is 322.